The lowest BCUT2D eigenvalue weighted by Gasteiger charge is -2.42. The molecule has 1 aromatic carbocycles. The number of aliphatic imine (C=N–C) groups is 1. The topological polar surface area (TPSA) is 12.4 Å². The summed E-state index contributed by atoms with van der Waals surface area (Å²) in [6, 6.07) is 7.18. The highest BCUT2D eigenvalue weighted by Crippen LogP contribution is 2.46. The normalized spacial score (nSPS) is 20.9. The molecule has 0 bridgehead atoms. The largest absolute Gasteiger partial charge is 0.261 e. The number of hydrogen-bond donors (Lipinski definition) is 0. The molecule has 1 aliphatic carbocycles. The molecular formula is C26H39N. The monoisotopic (exact) mass is 365 g/mol. The highest BCUT2D eigenvalue weighted by molar-refractivity contribution is 6.01. The van der Waals surface area contributed by atoms with Crippen molar-refractivity contribution in [3.05, 3.63) is 46.7 Å². The van der Waals surface area contributed by atoms with Gasteiger partial charge in [-0.15, -0.1) is 0 Å². The summed E-state index contributed by atoms with van der Waals surface area (Å²) < 4.78 is 0. The second-order valence-corrected chi connectivity index (χ2v) is 10.1. The predicted molar refractivity (Wildman–Crippen MR) is 119 cm³/mol. The lowest BCUT2D eigenvalue weighted by Crippen LogP contribution is -2.34. The van der Waals surface area contributed by atoms with Gasteiger partial charge in [-0.1, -0.05) is 66.5 Å². The van der Waals surface area contributed by atoms with Crippen LogP contribution in [-0.2, 0) is 10.8 Å². The van der Waals surface area contributed by atoms with E-state index in [4.69, 9.17) is 4.99 Å². The van der Waals surface area contributed by atoms with Crippen molar-refractivity contribution in [2.45, 2.75) is 104 Å². The molecule has 0 atom stereocenters. The average Bonchev–Trinajstić information content (AvgIpc) is 2.65. The van der Waals surface area contributed by atoms with E-state index in [0.717, 1.165) is 12.3 Å². The zero-order chi connectivity index (χ0) is 19.7. The third-order valence-electron chi connectivity index (χ3n) is 7.02. The first-order valence-corrected chi connectivity index (χ1v) is 11.2. The zero-order valence-electron chi connectivity index (χ0n) is 18.5. The van der Waals surface area contributed by atoms with Crippen molar-refractivity contribution in [2.24, 2.45) is 10.9 Å². The predicted octanol–water partition coefficient (Wildman–Crippen LogP) is 7.72. The summed E-state index contributed by atoms with van der Waals surface area (Å²) in [5.74, 6) is 0.744. The summed E-state index contributed by atoms with van der Waals surface area (Å²) in [5.41, 5.74) is 7.86. The Morgan fingerprint density at radius 3 is 2.07 bits per heavy atom. The van der Waals surface area contributed by atoms with E-state index in [0.29, 0.717) is 5.41 Å². The lowest BCUT2D eigenvalue weighted by atomic mass is 9.63. The molecule has 0 fully saturated rings. The maximum absolute atomic E-state index is 4.95. The first-order chi connectivity index (χ1) is 12.8. The van der Waals surface area contributed by atoms with Crippen LogP contribution in [0.1, 0.15) is 110 Å². The van der Waals surface area contributed by atoms with Crippen LogP contribution in [-0.4, -0.2) is 5.71 Å². The van der Waals surface area contributed by atoms with Crippen molar-refractivity contribution in [2.75, 3.05) is 0 Å². The first kappa shape index (κ1) is 20.4. The Labute approximate surface area is 167 Å². The molecule has 0 aromatic heterocycles. The first-order valence-electron chi connectivity index (χ1n) is 11.2. The summed E-state index contributed by atoms with van der Waals surface area (Å²) in [6.07, 6.45) is 12.2. The Kier molecular flexibility index (Phi) is 5.99. The standard InChI is InChI=1S/C26H39N/c1-7-9-19(10-8-2)21-12-14-24(27-18-21)20-11-13-22-23(17-20)26(5,6)16-15-25(22,3)4/h11,13,17-19H,7-10,12,14-16H2,1-6H3. The van der Waals surface area contributed by atoms with Gasteiger partial charge in [0.2, 0.25) is 0 Å². The zero-order valence-corrected chi connectivity index (χ0v) is 18.5. The molecule has 0 N–H and O–H groups in total. The maximum atomic E-state index is 4.95. The lowest BCUT2D eigenvalue weighted by molar-refractivity contribution is 0.332. The number of nitrogens with zero attached hydrogens (tertiary/aromatic N) is 1. The van der Waals surface area contributed by atoms with Crippen LogP contribution < -0.4 is 0 Å². The molecule has 0 unspecified atom stereocenters. The highest BCUT2D eigenvalue weighted by atomic mass is 14.7. The van der Waals surface area contributed by atoms with Gasteiger partial charge in [-0.05, 0) is 83.6 Å². The SMILES string of the molecule is CCCC(CCC)C1=CN=C(c2ccc3c(c2)C(C)(C)CCC3(C)C)CC1. The van der Waals surface area contributed by atoms with Gasteiger partial charge < -0.3 is 0 Å². The number of hydrogen-bond acceptors (Lipinski definition) is 1. The van der Waals surface area contributed by atoms with E-state index in [2.05, 4.69) is 65.9 Å². The molecule has 1 heteroatoms. The summed E-state index contributed by atoms with van der Waals surface area (Å²) in [6.45, 7) is 14.2. The van der Waals surface area contributed by atoms with E-state index in [1.165, 1.54) is 56.2 Å². The third kappa shape index (κ3) is 4.23. The van der Waals surface area contributed by atoms with E-state index in [-0.39, 0.29) is 5.41 Å². The smallest absolute Gasteiger partial charge is 0.0479 e. The van der Waals surface area contributed by atoms with Crippen molar-refractivity contribution >= 4 is 5.71 Å². The summed E-state index contributed by atoms with van der Waals surface area (Å²) in [4.78, 5) is 4.95. The third-order valence-corrected chi connectivity index (χ3v) is 7.02. The van der Waals surface area contributed by atoms with Crippen molar-refractivity contribution < 1.29 is 0 Å². The molecular weight excluding hydrogens is 326 g/mol. The van der Waals surface area contributed by atoms with Crippen molar-refractivity contribution in [1.82, 2.24) is 0 Å². The molecule has 1 aliphatic heterocycles. The Morgan fingerprint density at radius 2 is 1.52 bits per heavy atom. The molecule has 1 aromatic rings. The van der Waals surface area contributed by atoms with Crippen LogP contribution in [0.3, 0.4) is 0 Å². The Morgan fingerprint density at radius 1 is 0.889 bits per heavy atom. The fourth-order valence-corrected chi connectivity index (χ4v) is 5.06. The van der Waals surface area contributed by atoms with Gasteiger partial charge in [0.25, 0.3) is 0 Å². The van der Waals surface area contributed by atoms with E-state index in [1.54, 1.807) is 16.7 Å². The fraction of sp³-hybridized carbons (Fsp3) is 0.654. The maximum Gasteiger partial charge on any atom is 0.0479 e. The van der Waals surface area contributed by atoms with Crippen molar-refractivity contribution in [3.63, 3.8) is 0 Å². The van der Waals surface area contributed by atoms with Gasteiger partial charge in [-0.3, -0.25) is 4.99 Å². The van der Waals surface area contributed by atoms with Crippen LogP contribution in [0, 0.1) is 5.92 Å². The van der Waals surface area contributed by atoms with Crippen LogP contribution in [0.5, 0.6) is 0 Å². The van der Waals surface area contributed by atoms with E-state index in [9.17, 15) is 0 Å². The van der Waals surface area contributed by atoms with Gasteiger partial charge in [0.1, 0.15) is 0 Å². The van der Waals surface area contributed by atoms with E-state index < -0.39 is 0 Å². The molecule has 148 valence electrons. The molecule has 0 saturated heterocycles. The van der Waals surface area contributed by atoms with Crippen LogP contribution in [0.15, 0.2) is 35.0 Å². The number of allylic oxidation sites excluding steroid dienone is 1. The molecule has 3 rings (SSSR count). The van der Waals surface area contributed by atoms with E-state index in [1.807, 2.05) is 0 Å². The quantitative estimate of drug-likeness (QED) is 0.489. The Bertz CT molecular complexity index is 727. The average molecular weight is 366 g/mol. The minimum atomic E-state index is 0.268. The second kappa shape index (κ2) is 7.94. The van der Waals surface area contributed by atoms with Gasteiger partial charge in [0, 0.05) is 11.9 Å². The fourth-order valence-electron chi connectivity index (χ4n) is 5.06. The van der Waals surface area contributed by atoms with Crippen LogP contribution in [0.4, 0.5) is 0 Å². The van der Waals surface area contributed by atoms with Crippen LogP contribution >= 0.6 is 0 Å². The number of rotatable bonds is 6. The van der Waals surface area contributed by atoms with Gasteiger partial charge >= 0.3 is 0 Å². The molecule has 1 heterocycles. The second-order valence-electron chi connectivity index (χ2n) is 10.1. The number of fused-ring (bicyclic) bond motifs is 1. The Balaban J connectivity index is 1.90. The van der Waals surface area contributed by atoms with Gasteiger partial charge in [-0.2, -0.15) is 0 Å². The number of benzene rings is 1. The minimum Gasteiger partial charge on any atom is -0.261 e. The molecule has 2 aliphatic rings. The van der Waals surface area contributed by atoms with E-state index >= 15 is 0 Å². The highest BCUT2D eigenvalue weighted by Gasteiger charge is 2.37. The molecule has 0 radical (unpaired) electrons. The van der Waals surface area contributed by atoms with Crippen LogP contribution in [0.25, 0.3) is 0 Å². The van der Waals surface area contributed by atoms with Gasteiger partial charge in [0.15, 0.2) is 0 Å². The van der Waals surface area contributed by atoms with Crippen molar-refractivity contribution in [3.8, 4) is 0 Å². The van der Waals surface area contributed by atoms with Crippen molar-refractivity contribution in [1.29, 1.82) is 0 Å². The molecule has 0 saturated carbocycles. The Hall–Kier alpha value is -1.37. The summed E-state index contributed by atoms with van der Waals surface area (Å²) in [5, 5.41) is 0. The van der Waals surface area contributed by atoms with Gasteiger partial charge in [-0.25, -0.2) is 0 Å². The minimum absolute atomic E-state index is 0.268. The summed E-state index contributed by atoms with van der Waals surface area (Å²) >= 11 is 0. The van der Waals surface area contributed by atoms with Gasteiger partial charge in [0.05, 0.1) is 0 Å². The molecule has 1 nitrogen and oxygen atoms in total. The summed E-state index contributed by atoms with van der Waals surface area (Å²) in [7, 11) is 0. The van der Waals surface area contributed by atoms with Crippen LogP contribution in [0.2, 0.25) is 0 Å². The molecule has 0 amide bonds. The molecule has 0 spiro atoms. The molecule has 27 heavy (non-hydrogen) atoms.